The molecule has 0 aliphatic rings. The second kappa shape index (κ2) is 7.84. The van der Waals surface area contributed by atoms with E-state index in [-0.39, 0.29) is 0 Å². The van der Waals surface area contributed by atoms with Crippen LogP contribution in [0.2, 0.25) is 0 Å². The maximum atomic E-state index is 5.92. The first kappa shape index (κ1) is 17.0. The summed E-state index contributed by atoms with van der Waals surface area (Å²) in [6.07, 6.45) is 4.00. The van der Waals surface area contributed by atoms with Gasteiger partial charge >= 0.3 is 0 Å². The Morgan fingerprint density at radius 1 is 1.08 bits per heavy atom. The van der Waals surface area contributed by atoms with E-state index < -0.39 is 0 Å². The zero-order valence-corrected chi connectivity index (χ0v) is 14.8. The molecule has 25 heavy (non-hydrogen) atoms. The van der Waals surface area contributed by atoms with Crippen molar-refractivity contribution in [2.24, 2.45) is 0 Å². The van der Waals surface area contributed by atoms with Gasteiger partial charge in [-0.2, -0.15) is 0 Å². The van der Waals surface area contributed by atoms with Gasteiger partial charge in [-0.3, -0.25) is 4.98 Å². The quantitative estimate of drug-likeness (QED) is 0.411. The molecule has 1 aromatic heterocycles. The molecule has 0 aliphatic carbocycles. The predicted molar refractivity (Wildman–Crippen MR) is 104 cm³/mol. The van der Waals surface area contributed by atoms with Crippen LogP contribution in [-0.2, 0) is 4.74 Å². The van der Waals surface area contributed by atoms with Gasteiger partial charge in [0.25, 0.3) is 0 Å². The molecule has 0 spiro atoms. The van der Waals surface area contributed by atoms with E-state index in [1.165, 1.54) is 0 Å². The van der Waals surface area contributed by atoms with Gasteiger partial charge < -0.3 is 9.47 Å². The number of fused-ring (bicyclic) bond motifs is 1. The predicted octanol–water partition coefficient (Wildman–Crippen LogP) is 5.70. The normalized spacial score (nSPS) is 10.6. The highest BCUT2D eigenvalue weighted by Gasteiger charge is 2.15. The molecule has 0 saturated carbocycles. The fourth-order valence-corrected chi connectivity index (χ4v) is 2.83. The minimum Gasteiger partial charge on any atom is -0.497 e. The lowest BCUT2D eigenvalue weighted by Crippen LogP contribution is -1.99. The fraction of sp³-hybridized carbons (Fsp3) is 0.227. The van der Waals surface area contributed by atoms with Gasteiger partial charge in [-0.1, -0.05) is 44.2 Å². The summed E-state index contributed by atoms with van der Waals surface area (Å²) in [4.78, 5) is 4.70. The summed E-state index contributed by atoms with van der Waals surface area (Å²) in [6, 6.07) is 16.1. The van der Waals surface area contributed by atoms with Crippen LogP contribution in [0.5, 0.6) is 5.75 Å². The number of benzene rings is 2. The third kappa shape index (κ3) is 3.66. The Morgan fingerprint density at radius 2 is 1.84 bits per heavy atom. The molecule has 2 aromatic carbocycles. The molecule has 0 aliphatic heterocycles. The van der Waals surface area contributed by atoms with Crippen molar-refractivity contribution in [3.63, 3.8) is 0 Å². The monoisotopic (exact) mass is 333 g/mol. The van der Waals surface area contributed by atoms with E-state index in [4.69, 9.17) is 14.5 Å². The first-order chi connectivity index (χ1) is 12.2. The van der Waals surface area contributed by atoms with E-state index in [1.807, 2.05) is 42.6 Å². The number of nitrogens with zero attached hydrogens (tertiary/aromatic N) is 1. The summed E-state index contributed by atoms with van der Waals surface area (Å²) in [6.45, 7) is 6.99. The lowest BCUT2D eigenvalue weighted by atomic mass is 9.98. The van der Waals surface area contributed by atoms with Crippen molar-refractivity contribution in [1.82, 2.24) is 4.98 Å². The summed E-state index contributed by atoms with van der Waals surface area (Å²) in [5, 5.41) is 2.18. The summed E-state index contributed by atoms with van der Waals surface area (Å²) >= 11 is 0. The van der Waals surface area contributed by atoms with Crippen LogP contribution in [0.25, 0.3) is 27.8 Å². The summed E-state index contributed by atoms with van der Waals surface area (Å²) in [5.41, 5.74) is 2.85. The van der Waals surface area contributed by atoms with Gasteiger partial charge in [-0.05, 0) is 36.1 Å². The summed E-state index contributed by atoms with van der Waals surface area (Å²) < 4.78 is 11.2. The van der Waals surface area contributed by atoms with E-state index >= 15 is 0 Å². The Labute approximate surface area is 148 Å². The van der Waals surface area contributed by atoms with Gasteiger partial charge in [0, 0.05) is 17.1 Å². The third-order valence-corrected chi connectivity index (χ3v) is 4.22. The lowest BCUT2D eigenvalue weighted by molar-refractivity contribution is 0.271. The van der Waals surface area contributed by atoms with Crippen molar-refractivity contribution >= 4 is 16.5 Å². The van der Waals surface area contributed by atoms with Gasteiger partial charge in [0.15, 0.2) is 0 Å². The van der Waals surface area contributed by atoms with Crippen LogP contribution in [0.15, 0.2) is 61.3 Å². The molecule has 0 unspecified atom stereocenters. The van der Waals surface area contributed by atoms with Crippen LogP contribution in [0.1, 0.15) is 25.3 Å². The van der Waals surface area contributed by atoms with Crippen LogP contribution in [0.3, 0.4) is 0 Å². The molecule has 0 N–H and O–H groups in total. The van der Waals surface area contributed by atoms with Gasteiger partial charge in [-0.15, -0.1) is 0 Å². The smallest absolute Gasteiger partial charge is 0.122 e. The van der Waals surface area contributed by atoms with Gasteiger partial charge in [0.1, 0.15) is 11.5 Å². The number of unbranched alkanes of at least 4 members (excludes halogenated alkanes) is 1. The molecule has 3 rings (SSSR count). The molecule has 3 heteroatoms. The lowest BCUT2D eigenvalue weighted by Gasteiger charge is -2.16. The molecule has 3 nitrogen and oxygen atoms in total. The molecule has 0 radical (unpaired) electrons. The number of hydrogen-bond donors (Lipinski definition) is 0. The highest BCUT2D eigenvalue weighted by molar-refractivity contribution is 5.97. The maximum Gasteiger partial charge on any atom is 0.122 e. The topological polar surface area (TPSA) is 31.4 Å². The molecular weight excluding hydrogens is 310 g/mol. The zero-order valence-electron chi connectivity index (χ0n) is 14.8. The molecule has 1 heterocycles. The van der Waals surface area contributed by atoms with E-state index in [0.717, 1.165) is 46.2 Å². The Balaban J connectivity index is 2.10. The van der Waals surface area contributed by atoms with E-state index in [0.29, 0.717) is 12.4 Å². The molecule has 128 valence electrons. The Kier molecular flexibility index (Phi) is 5.34. The zero-order chi connectivity index (χ0) is 17.6. The summed E-state index contributed by atoms with van der Waals surface area (Å²) in [7, 11) is 1.66. The van der Waals surface area contributed by atoms with Crippen molar-refractivity contribution in [2.75, 3.05) is 13.7 Å². The van der Waals surface area contributed by atoms with Crippen molar-refractivity contribution in [3.8, 4) is 17.0 Å². The molecule has 0 atom stereocenters. The number of hydrogen-bond acceptors (Lipinski definition) is 3. The molecule has 0 bridgehead atoms. The first-order valence-corrected chi connectivity index (χ1v) is 8.59. The molecule has 0 amide bonds. The van der Waals surface area contributed by atoms with Crippen LogP contribution in [-0.4, -0.2) is 18.7 Å². The molecule has 0 fully saturated rings. The Morgan fingerprint density at radius 3 is 2.56 bits per heavy atom. The van der Waals surface area contributed by atoms with Crippen LogP contribution in [0.4, 0.5) is 0 Å². The summed E-state index contributed by atoms with van der Waals surface area (Å²) in [5.74, 6) is 1.49. The largest absolute Gasteiger partial charge is 0.497 e. The number of pyridine rings is 1. The number of aromatic nitrogens is 1. The van der Waals surface area contributed by atoms with Gasteiger partial charge in [0.05, 0.1) is 25.0 Å². The van der Waals surface area contributed by atoms with Gasteiger partial charge in [0.2, 0.25) is 0 Å². The fourth-order valence-electron chi connectivity index (χ4n) is 2.83. The second-order valence-corrected chi connectivity index (χ2v) is 5.92. The molecule has 3 aromatic rings. The maximum absolute atomic E-state index is 5.92. The van der Waals surface area contributed by atoms with Crippen LogP contribution < -0.4 is 4.74 Å². The van der Waals surface area contributed by atoms with E-state index in [1.54, 1.807) is 7.11 Å². The van der Waals surface area contributed by atoms with Crippen molar-refractivity contribution in [1.29, 1.82) is 0 Å². The average molecular weight is 333 g/mol. The number of ether oxygens (including phenoxy) is 2. The first-order valence-electron chi connectivity index (χ1n) is 8.59. The van der Waals surface area contributed by atoms with E-state index in [9.17, 15) is 0 Å². The Hall–Kier alpha value is -2.81. The SMILES string of the molecule is C=C(OCCCC)c1c(-c2ccc(OC)cc2)ncc2ccccc12. The highest BCUT2D eigenvalue weighted by Crippen LogP contribution is 2.34. The number of rotatable bonds is 7. The van der Waals surface area contributed by atoms with E-state index in [2.05, 4.69) is 25.6 Å². The van der Waals surface area contributed by atoms with Crippen molar-refractivity contribution in [3.05, 3.63) is 66.9 Å². The minimum absolute atomic E-state index is 0.667. The minimum atomic E-state index is 0.667. The third-order valence-electron chi connectivity index (χ3n) is 4.22. The second-order valence-electron chi connectivity index (χ2n) is 5.92. The molecule has 0 saturated heterocycles. The van der Waals surface area contributed by atoms with Crippen LogP contribution in [0, 0.1) is 0 Å². The standard InChI is InChI=1S/C22H23NO2/c1-4-5-14-25-16(2)21-20-9-7-6-8-18(20)15-23-22(21)17-10-12-19(24-3)13-11-17/h6-13,15H,2,4-5,14H2,1,3H3. The number of methoxy groups -OCH3 is 1. The highest BCUT2D eigenvalue weighted by atomic mass is 16.5. The Bertz CT molecular complexity index is 869. The van der Waals surface area contributed by atoms with Crippen molar-refractivity contribution in [2.45, 2.75) is 19.8 Å². The van der Waals surface area contributed by atoms with Crippen molar-refractivity contribution < 1.29 is 9.47 Å². The molecular formula is C22H23NO2. The van der Waals surface area contributed by atoms with Gasteiger partial charge in [-0.25, -0.2) is 0 Å². The van der Waals surface area contributed by atoms with Crippen LogP contribution >= 0.6 is 0 Å². The average Bonchev–Trinajstić information content (AvgIpc) is 2.67.